The molecule has 0 heterocycles. The summed E-state index contributed by atoms with van der Waals surface area (Å²) in [5.74, 6) is -0.383. The molecule has 7 heteroatoms. The Labute approximate surface area is 107 Å². The summed E-state index contributed by atoms with van der Waals surface area (Å²) < 4.78 is 0. The zero-order valence-electron chi connectivity index (χ0n) is 7.60. The van der Waals surface area contributed by atoms with Gasteiger partial charge in [-0.1, -0.05) is 0 Å². The first kappa shape index (κ1) is 16.4. The first-order valence-corrected chi connectivity index (χ1v) is 12.4. The van der Waals surface area contributed by atoms with Crippen LogP contribution in [0.5, 0.6) is 0 Å². The van der Waals surface area contributed by atoms with Crippen LogP contribution >= 0.6 is 40.0 Å². The Balaban J connectivity index is 0. The van der Waals surface area contributed by atoms with Crippen LogP contribution in [0.4, 0.5) is 0 Å². The summed E-state index contributed by atoms with van der Waals surface area (Å²) in [4.78, 5) is 21.1. The normalized spacial score (nSPS) is 10.2. The Hall–Kier alpha value is 0.984. The van der Waals surface area contributed by atoms with Crippen molar-refractivity contribution in [1.29, 1.82) is 0 Å². The number of nitrogens with one attached hydrogen (secondary N) is 2. The number of hydrogen-bond donors (Lipinski definition) is 2. The van der Waals surface area contributed by atoms with Crippen LogP contribution in [0.3, 0.4) is 0 Å². The zero-order chi connectivity index (χ0) is 10.9. The van der Waals surface area contributed by atoms with E-state index in [-0.39, 0.29) is 11.8 Å². The molecule has 0 bridgehead atoms. The molecular formula is C6H12I2N2O2V. The van der Waals surface area contributed by atoms with Gasteiger partial charge in [0.2, 0.25) is 11.8 Å². The van der Waals surface area contributed by atoms with Crippen LogP contribution in [0.2, 0.25) is 0 Å². The molecule has 77 valence electrons. The van der Waals surface area contributed by atoms with Gasteiger partial charge in [0.05, 0.1) is 0 Å². The second-order valence-corrected chi connectivity index (χ2v) is 13.9. The van der Waals surface area contributed by atoms with Gasteiger partial charge in [-0.15, -0.1) is 0 Å². The first-order valence-electron chi connectivity index (χ1n) is 3.40. The summed E-state index contributed by atoms with van der Waals surface area (Å²) in [5.41, 5.74) is 0. The summed E-state index contributed by atoms with van der Waals surface area (Å²) >= 11 is 4.74. The van der Waals surface area contributed by atoms with E-state index < -0.39 is 6.04 Å². The predicted octanol–water partition coefficient (Wildman–Crippen LogP) is 1.03. The van der Waals surface area contributed by atoms with Crippen molar-refractivity contribution in [3.8, 4) is 0 Å². The van der Waals surface area contributed by atoms with E-state index in [0.29, 0.717) is 9.47 Å². The van der Waals surface area contributed by atoms with Crippen LogP contribution in [0.15, 0.2) is 0 Å². The molecule has 1 atom stereocenters. The molecule has 0 aromatic carbocycles. The summed E-state index contributed by atoms with van der Waals surface area (Å²) in [5, 5.41) is 4.86. The number of likely N-dealkylation sites (N-methyl/N-ethyl adjacent to an activating group) is 1. The van der Waals surface area contributed by atoms with Crippen LogP contribution in [0, 0.1) is 0 Å². The molecular weight excluding hydrogens is 437 g/mol. The van der Waals surface area contributed by atoms with E-state index in [4.69, 9.17) is 0 Å². The third kappa shape index (κ3) is 13.0. The molecule has 0 aliphatic rings. The van der Waals surface area contributed by atoms with Gasteiger partial charge in [0.15, 0.2) is 0 Å². The number of carbonyl (C=O) groups is 2. The van der Waals surface area contributed by atoms with Crippen molar-refractivity contribution in [3.63, 3.8) is 0 Å². The van der Waals surface area contributed by atoms with Crippen molar-refractivity contribution in [2.75, 3.05) is 7.05 Å². The molecule has 0 fully saturated rings. The van der Waals surface area contributed by atoms with Crippen molar-refractivity contribution in [1.82, 2.24) is 10.6 Å². The molecule has 2 N–H and O–H groups in total. The minimum atomic E-state index is -0.442. The van der Waals surface area contributed by atoms with Crippen LogP contribution in [-0.2, 0) is 19.1 Å². The Morgan fingerprint density at radius 1 is 1.38 bits per heavy atom. The van der Waals surface area contributed by atoms with E-state index >= 15 is 0 Å². The fraction of sp³-hybridized carbons (Fsp3) is 0.667. The number of carbonyl (C=O) groups excluding carboxylic acids is 2. The van der Waals surface area contributed by atoms with Gasteiger partial charge < -0.3 is 10.6 Å². The minimum absolute atomic E-state index is 0.185. The average Bonchev–Trinajstić information content (AvgIpc) is 2.03. The van der Waals surface area contributed by atoms with E-state index in [9.17, 15) is 9.59 Å². The van der Waals surface area contributed by atoms with E-state index in [2.05, 4.69) is 50.6 Å². The molecule has 0 aromatic rings. The first-order chi connectivity index (χ1) is 5.99. The second kappa shape index (κ2) is 11.1. The number of hydrogen-bond acceptors (Lipinski definition) is 2. The fourth-order valence-electron chi connectivity index (χ4n) is 0.587. The van der Waals surface area contributed by atoms with Gasteiger partial charge >= 0.3 is 49.4 Å². The van der Waals surface area contributed by atoms with Crippen LogP contribution in [-0.4, -0.2) is 24.9 Å². The van der Waals surface area contributed by atoms with Crippen LogP contribution in [0.1, 0.15) is 13.8 Å². The molecule has 0 spiro atoms. The molecule has 0 aliphatic carbocycles. The average molecular weight is 449 g/mol. The summed E-state index contributed by atoms with van der Waals surface area (Å²) in [7, 11) is 2.16. The van der Waals surface area contributed by atoms with Crippen molar-refractivity contribution in [2.24, 2.45) is 0 Å². The zero-order valence-corrected chi connectivity index (χ0v) is 13.3. The maximum atomic E-state index is 10.7. The van der Waals surface area contributed by atoms with E-state index in [1.54, 1.807) is 6.92 Å². The van der Waals surface area contributed by atoms with Gasteiger partial charge in [-0.3, -0.25) is 9.59 Å². The van der Waals surface area contributed by atoms with Gasteiger partial charge in [0.25, 0.3) is 0 Å². The van der Waals surface area contributed by atoms with Gasteiger partial charge in [0, 0.05) is 14.0 Å². The topological polar surface area (TPSA) is 58.2 Å². The molecule has 2 amide bonds. The van der Waals surface area contributed by atoms with E-state index in [0.717, 1.165) is 0 Å². The summed E-state index contributed by atoms with van der Waals surface area (Å²) in [6, 6.07) is -0.442. The monoisotopic (exact) mass is 449 g/mol. The fourth-order valence-corrected chi connectivity index (χ4v) is 0.587. The molecule has 0 saturated carbocycles. The van der Waals surface area contributed by atoms with E-state index in [1.807, 2.05) is 0 Å². The molecule has 0 radical (unpaired) electrons. The Morgan fingerprint density at radius 2 is 1.77 bits per heavy atom. The van der Waals surface area contributed by atoms with Crippen molar-refractivity contribution in [3.05, 3.63) is 0 Å². The van der Waals surface area contributed by atoms with Crippen molar-refractivity contribution in [2.45, 2.75) is 19.9 Å². The summed E-state index contributed by atoms with van der Waals surface area (Å²) in [6.07, 6.45) is 0. The van der Waals surface area contributed by atoms with Gasteiger partial charge in [0.1, 0.15) is 6.04 Å². The van der Waals surface area contributed by atoms with Gasteiger partial charge in [-0.25, -0.2) is 0 Å². The maximum absolute atomic E-state index is 10.7. The SMILES string of the molecule is CNC(=O)C(C)NC(C)=O.[I][V][I]. The molecule has 13 heavy (non-hydrogen) atoms. The molecule has 1 unspecified atom stereocenters. The second-order valence-electron chi connectivity index (χ2n) is 2.10. The van der Waals surface area contributed by atoms with E-state index in [1.165, 1.54) is 14.0 Å². The van der Waals surface area contributed by atoms with Crippen molar-refractivity contribution < 1.29 is 19.1 Å². The third-order valence-electron chi connectivity index (χ3n) is 1.06. The molecule has 4 nitrogen and oxygen atoms in total. The quantitative estimate of drug-likeness (QED) is 0.620. The van der Waals surface area contributed by atoms with Gasteiger partial charge in [-0.2, -0.15) is 0 Å². The van der Waals surface area contributed by atoms with Crippen LogP contribution < -0.4 is 10.6 Å². The molecule has 0 aliphatic heterocycles. The van der Waals surface area contributed by atoms with Gasteiger partial charge in [-0.05, 0) is 6.92 Å². The number of amides is 2. The molecule has 0 rings (SSSR count). The van der Waals surface area contributed by atoms with Crippen LogP contribution in [0.25, 0.3) is 0 Å². The number of rotatable bonds is 2. The van der Waals surface area contributed by atoms with Crippen molar-refractivity contribution >= 4 is 51.8 Å². The third-order valence-corrected chi connectivity index (χ3v) is 1.06. The Bertz CT molecular complexity index is 169. The number of halogens is 2. The standard InChI is InChI=1S/C6H12N2O2.2HI.V/c1-4(6(10)7-3)8-5(2)9;;;/h4H,1-3H3,(H,7,10)(H,8,9);2*1H;/q;;;+2/p-2. The predicted molar refractivity (Wildman–Crippen MR) is 65.4 cm³/mol. The molecule has 0 aromatic heterocycles. The summed E-state index contributed by atoms with van der Waals surface area (Å²) in [6.45, 7) is 3.00. The Kier molecular flexibility index (Phi) is 14.0. The Morgan fingerprint density at radius 3 is 2.00 bits per heavy atom. The molecule has 0 saturated heterocycles.